The SMILES string of the molecule is Cc1ccc(-n2nc(C3CC3)c(C#N)c2Cl)nn1. The van der Waals surface area contributed by atoms with Crippen molar-refractivity contribution in [1.82, 2.24) is 20.0 Å². The third kappa shape index (κ3) is 1.75. The van der Waals surface area contributed by atoms with E-state index in [-0.39, 0.29) is 0 Å². The number of aryl methyl sites for hydroxylation is 1. The topological polar surface area (TPSA) is 67.4 Å². The molecule has 1 saturated carbocycles. The molecule has 0 aliphatic heterocycles. The van der Waals surface area contributed by atoms with Gasteiger partial charge in [0.1, 0.15) is 11.6 Å². The van der Waals surface area contributed by atoms with Gasteiger partial charge in [-0.1, -0.05) is 11.6 Å². The van der Waals surface area contributed by atoms with Crippen LogP contribution in [0.2, 0.25) is 5.15 Å². The maximum atomic E-state index is 9.16. The standard InChI is InChI=1S/C12H10ClN5/c1-7-2-5-10(16-15-7)18-12(13)9(6-14)11(17-18)8-3-4-8/h2,5,8H,3-4H2,1H3. The summed E-state index contributed by atoms with van der Waals surface area (Å²) in [6.07, 6.45) is 2.14. The van der Waals surface area contributed by atoms with Gasteiger partial charge in [-0.05, 0) is 31.9 Å². The summed E-state index contributed by atoms with van der Waals surface area (Å²) >= 11 is 6.19. The van der Waals surface area contributed by atoms with E-state index < -0.39 is 0 Å². The molecule has 5 nitrogen and oxygen atoms in total. The molecule has 1 aliphatic rings. The lowest BCUT2D eigenvalue weighted by molar-refractivity contribution is 0.784. The predicted octanol–water partition coefficient (Wildman–Crippen LogP) is 2.37. The average Bonchev–Trinajstić information content (AvgIpc) is 3.15. The van der Waals surface area contributed by atoms with Gasteiger partial charge in [-0.3, -0.25) is 0 Å². The van der Waals surface area contributed by atoms with E-state index in [0.29, 0.717) is 22.5 Å². The lowest BCUT2D eigenvalue weighted by Gasteiger charge is -2.00. The van der Waals surface area contributed by atoms with E-state index in [0.717, 1.165) is 24.2 Å². The van der Waals surface area contributed by atoms with Gasteiger partial charge in [0.25, 0.3) is 0 Å². The molecule has 0 atom stereocenters. The highest BCUT2D eigenvalue weighted by Gasteiger charge is 2.32. The first-order valence-corrected chi connectivity index (χ1v) is 6.07. The third-order valence-electron chi connectivity index (χ3n) is 2.93. The van der Waals surface area contributed by atoms with Crippen LogP contribution in [0.15, 0.2) is 12.1 Å². The van der Waals surface area contributed by atoms with Crippen LogP contribution < -0.4 is 0 Å². The Bertz CT molecular complexity index is 634. The maximum Gasteiger partial charge on any atom is 0.177 e. The Hall–Kier alpha value is -1.93. The van der Waals surface area contributed by atoms with Crippen molar-refractivity contribution in [1.29, 1.82) is 5.26 Å². The van der Waals surface area contributed by atoms with E-state index in [1.165, 1.54) is 4.68 Å². The normalized spacial score (nSPS) is 14.5. The molecule has 2 heterocycles. The molecule has 0 radical (unpaired) electrons. The number of hydrogen-bond acceptors (Lipinski definition) is 4. The van der Waals surface area contributed by atoms with E-state index in [4.69, 9.17) is 16.9 Å². The van der Waals surface area contributed by atoms with Gasteiger partial charge in [0.05, 0.1) is 11.4 Å². The minimum Gasteiger partial charge on any atom is -0.200 e. The number of hydrogen-bond donors (Lipinski definition) is 0. The van der Waals surface area contributed by atoms with E-state index in [1.807, 2.05) is 13.0 Å². The van der Waals surface area contributed by atoms with Crippen LogP contribution in [-0.4, -0.2) is 20.0 Å². The summed E-state index contributed by atoms with van der Waals surface area (Å²) < 4.78 is 1.49. The molecule has 0 aromatic carbocycles. The highest BCUT2D eigenvalue weighted by molar-refractivity contribution is 6.31. The van der Waals surface area contributed by atoms with Crippen molar-refractivity contribution in [3.63, 3.8) is 0 Å². The number of rotatable bonds is 2. The molecule has 90 valence electrons. The van der Waals surface area contributed by atoms with Crippen molar-refractivity contribution in [3.8, 4) is 11.9 Å². The lowest BCUT2D eigenvalue weighted by atomic mass is 10.2. The van der Waals surface area contributed by atoms with Gasteiger partial charge in [0.2, 0.25) is 0 Å². The molecule has 0 bridgehead atoms. The largest absolute Gasteiger partial charge is 0.200 e. The quantitative estimate of drug-likeness (QED) is 0.830. The first-order chi connectivity index (χ1) is 8.70. The zero-order valence-electron chi connectivity index (χ0n) is 9.76. The molecular formula is C12H10ClN5. The summed E-state index contributed by atoms with van der Waals surface area (Å²) in [4.78, 5) is 0. The van der Waals surface area contributed by atoms with Crippen molar-refractivity contribution >= 4 is 11.6 Å². The summed E-state index contributed by atoms with van der Waals surface area (Å²) in [5.74, 6) is 0.908. The number of halogens is 1. The smallest absolute Gasteiger partial charge is 0.177 e. The molecule has 0 N–H and O–H groups in total. The molecule has 3 rings (SSSR count). The van der Waals surface area contributed by atoms with Crippen molar-refractivity contribution in [2.24, 2.45) is 0 Å². The van der Waals surface area contributed by atoms with Crippen LogP contribution in [0.1, 0.15) is 35.7 Å². The Labute approximate surface area is 109 Å². The van der Waals surface area contributed by atoms with Crippen LogP contribution in [0, 0.1) is 18.3 Å². The number of nitriles is 1. The van der Waals surface area contributed by atoms with Gasteiger partial charge in [-0.25, -0.2) is 4.68 Å². The van der Waals surface area contributed by atoms with Gasteiger partial charge in [-0.15, -0.1) is 5.10 Å². The maximum absolute atomic E-state index is 9.16. The second kappa shape index (κ2) is 4.07. The average molecular weight is 260 g/mol. The van der Waals surface area contributed by atoms with Crippen LogP contribution in [0.25, 0.3) is 5.82 Å². The van der Waals surface area contributed by atoms with Gasteiger partial charge >= 0.3 is 0 Å². The summed E-state index contributed by atoms with van der Waals surface area (Å²) in [5, 5.41) is 21.9. The zero-order valence-corrected chi connectivity index (χ0v) is 10.5. The molecule has 1 fully saturated rings. The summed E-state index contributed by atoms with van der Waals surface area (Å²) in [7, 11) is 0. The lowest BCUT2D eigenvalue weighted by Crippen LogP contribution is -2.02. The first kappa shape index (κ1) is 11.2. The van der Waals surface area contributed by atoms with E-state index in [9.17, 15) is 0 Å². The zero-order chi connectivity index (χ0) is 12.7. The second-order valence-corrected chi connectivity index (χ2v) is 4.74. The molecule has 0 spiro atoms. The summed E-state index contributed by atoms with van der Waals surface area (Å²) in [6, 6.07) is 5.75. The van der Waals surface area contributed by atoms with E-state index >= 15 is 0 Å². The Kier molecular flexibility index (Phi) is 2.53. The molecule has 0 saturated heterocycles. The molecule has 18 heavy (non-hydrogen) atoms. The first-order valence-electron chi connectivity index (χ1n) is 5.70. The van der Waals surface area contributed by atoms with Crippen LogP contribution >= 0.6 is 11.6 Å². The molecule has 1 aliphatic carbocycles. The van der Waals surface area contributed by atoms with Crippen LogP contribution in [-0.2, 0) is 0 Å². The van der Waals surface area contributed by atoms with Crippen LogP contribution in [0.4, 0.5) is 0 Å². The second-order valence-electron chi connectivity index (χ2n) is 4.38. The predicted molar refractivity (Wildman–Crippen MR) is 65.6 cm³/mol. The van der Waals surface area contributed by atoms with Gasteiger partial charge in [-0.2, -0.15) is 15.5 Å². The molecule has 2 aromatic rings. The van der Waals surface area contributed by atoms with Crippen molar-refractivity contribution in [3.05, 3.63) is 34.2 Å². The van der Waals surface area contributed by atoms with E-state index in [1.54, 1.807) is 6.07 Å². The molecule has 2 aromatic heterocycles. The van der Waals surface area contributed by atoms with Crippen LogP contribution in [0.3, 0.4) is 0 Å². The Morgan fingerprint density at radius 3 is 2.72 bits per heavy atom. The Morgan fingerprint density at radius 1 is 1.39 bits per heavy atom. The number of aromatic nitrogens is 4. The highest BCUT2D eigenvalue weighted by atomic mass is 35.5. The summed E-state index contributed by atoms with van der Waals surface area (Å²) in [6.45, 7) is 1.86. The van der Waals surface area contributed by atoms with Gasteiger partial charge < -0.3 is 0 Å². The van der Waals surface area contributed by atoms with Gasteiger partial charge in [0.15, 0.2) is 11.0 Å². The summed E-state index contributed by atoms with van der Waals surface area (Å²) in [5.41, 5.74) is 2.07. The van der Waals surface area contributed by atoms with Crippen LogP contribution in [0.5, 0.6) is 0 Å². The van der Waals surface area contributed by atoms with Gasteiger partial charge in [0, 0.05) is 5.92 Å². The molecular weight excluding hydrogens is 250 g/mol. The number of nitrogens with zero attached hydrogens (tertiary/aromatic N) is 5. The Balaban J connectivity index is 2.12. The fourth-order valence-corrected chi connectivity index (χ4v) is 2.08. The van der Waals surface area contributed by atoms with Crippen molar-refractivity contribution < 1.29 is 0 Å². The fourth-order valence-electron chi connectivity index (χ4n) is 1.82. The highest BCUT2D eigenvalue weighted by Crippen LogP contribution is 2.42. The van der Waals surface area contributed by atoms with Crippen molar-refractivity contribution in [2.45, 2.75) is 25.7 Å². The minimum atomic E-state index is 0.317. The van der Waals surface area contributed by atoms with Crippen molar-refractivity contribution in [2.75, 3.05) is 0 Å². The fraction of sp³-hybridized carbons (Fsp3) is 0.333. The van der Waals surface area contributed by atoms with E-state index in [2.05, 4.69) is 21.4 Å². The molecule has 0 unspecified atom stereocenters. The third-order valence-corrected chi connectivity index (χ3v) is 3.28. The minimum absolute atomic E-state index is 0.317. The molecule has 6 heteroatoms. The monoisotopic (exact) mass is 259 g/mol. The molecule has 0 amide bonds. The Morgan fingerprint density at radius 2 is 2.17 bits per heavy atom.